The van der Waals surface area contributed by atoms with Gasteiger partial charge in [0.15, 0.2) is 6.29 Å². The number of carbonyl (C=O) groups excluding carboxylic acids is 2. The van der Waals surface area contributed by atoms with Crippen LogP contribution in [0.2, 0.25) is 0 Å². The van der Waals surface area contributed by atoms with Gasteiger partial charge in [0.25, 0.3) is 0 Å². The van der Waals surface area contributed by atoms with Crippen LogP contribution in [-0.4, -0.2) is 58.5 Å². The highest BCUT2D eigenvalue weighted by atomic mass is 32.5. The quantitative estimate of drug-likeness (QED) is 0.399. The van der Waals surface area contributed by atoms with Crippen LogP contribution in [0.1, 0.15) is 62.2 Å². The smallest absolute Gasteiger partial charge is 0.310 e. The minimum absolute atomic E-state index is 0.0512. The van der Waals surface area contributed by atoms with E-state index < -0.39 is 33.0 Å². The normalized spacial score (nSPS) is 22.5. The number of benzene rings is 1. The molecule has 1 unspecified atom stereocenters. The van der Waals surface area contributed by atoms with E-state index in [9.17, 15) is 29.0 Å². The van der Waals surface area contributed by atoms with Gasteiger partial charge in [-0.05, 0) is 44.9 Å². The Labute approximate surface area is 228 Å². The fraction of sp³-hybridized carbons (Fsp3) is 0.520. The Morgan fingerprint density at radius 3 is 2.45 bits per heavy atom. The van der Waals surface area contributed by atoms with E-state index in [4.69, 9.17) is 9.47 Å². The van der Waals surface area contributed by atoms with Crippen molar-refractivity contribution in [3.8, 4) is 0 Å². The number of ether oxygens (including phenoxy) is 2. The van der Waals surface area contributed by atoms with Crippen LogP contribution in [0.25, 0.3) is 0 Å². The molecule has 40 heavy (non-hydrogen) atoms. The second-order valence-corrected chi connectivity index (χ2v) is 12.8. The standard InChI is InChI=1S/C25H32F5N5O4S/c1-15(18-6-5-7-19(12-18)40(26,27,28,29)30)31-23-22(24-38-10-11-39-24)20(32-16(2)33-23)13-21(37)34-25(4)8-9-35(14-25)17(3)36/h5-7,12,15,24H,8-11,13-14H2,1-4H3,(H,34,37)(H,31,32,33)/t15-,25?/m1/s1. The number of hydrogen-bond acceptors (Lipinski definition) is 7. The Balaban J connectivity index is 1.62. The Kier molecular flexibility index (Phi) is 7.33. The number of halogens is 5. The van der Waals surface area contributed by atoms with Gasteiger partial charge in [-0.25, -0.2) is 9.97 Å². The maximum atomic E-state index is 13.4. The number of amides is 2. The molecule has 0 saturated carbocycles. The lowest BCUT2D eigenvalue weighted by Gasteiger charge is -2.40. The van der Waals surface area contributed by atoms with Gasteiger partial charge in [-0.1, -0.05) is 31.6 Å². The number of nitrogens with zero attached hydrogens (tertiary/aromatic N) is 3. The molecule has 15 heteroatoms. The first-order chi connectivity index (χ1) is 18.3. The summed E-state index contributed by atoms with van der Waals surface area (Å²) in [6.07, 6.45) is -0.574. The van der Waals surface area contributed by atoms with Crippen LogP contribution in [0.15, 0.2) is 29.2 Å². The summed E-state index contributed by atoms with van der Waals surface area (Å²) in [5, 5.41) is 5.94. The van der Waals surface area contributed by atoms with Crippen molar-refractivity contribution in [3.63, 3.8) is 0 Å². The molecular weight excluding hydrogens is 561 g/mol. The van der Waals surface area contributed by atoms with Crippen molar-refractivity contribution in [2.24, 2.45) is 0 Å². The zero-order valence-corrected chi connectivity index (χ0v) is 23.3. The lowest BCUT2D eigenvalue weighted by molar-refractivity contribution is -0.128. The molecule has 2 aliphatic heterocycles. The van der Waals surface area contributed by atoms with Gasteiger partial charge in [-0.3, -0.25) is 9.59 Å². The number of aromatic nitrogens is 2. The summed E-state index contributed by atoms with van der Waals surface area (Å²) in [7, 11) is -9.88. The molecule has 9 nitrogen and oxygen atoms in total. The number of likely N-dealkylation sites (tertiary alicyclic amines) is 1. The minimum Gasteiger partial charge on any atom is -0.363 e. The van der Waals surface area contributed by atoms with Crippen LogP contribution in [0, 0.1) is 6.92 Å². The van der Waals surface area contributed by atoms with Crippen LogP contribution in [0.4, 0.5) is 25.2 Å². The molecule has 0 spiro atoms. The second-order valence-electron chi connectivity index (χ2n) is 10.4. The van der Waals surface area contributed by atoms with Crippen LogP contribution in [0.5, 0.6) is 0 Å². The summed E-state index contributed by atoms with van der Waals surface area (Å²) < 4.78 is 78.4. The molecule has 2 atom stereocenters. The molecule has 3 heterocycles. The van der Waals surface area contributed by atoms with Crippen molar-refractivity contribution in [2.45, 2.75) is 63.3 Å². The summed E-state index contributed by atoms with van der Waals surface area (Å²) in [4.78, 5) is 33.3. The van der Waals surface area contributed by atoms with Gasteiger partial charge >= 0.3 is 10.2 Å². The van der Waals surface area contributed by atoms with E-state index in [0.717, 1.165) is 6.07 Å². The molecule has 2 amide bonds. The molecule has 2 fully saturated rings. The number of hydrogen-bond donors (Lipinski definition) is 2. The SMILES string of the molecule is CC(=O)N1CCC(C)(NC(=O)Cc2nc(C)nc(N[C@H](C)c3cccc(S(F)(F)(F)(F)F)c3)c2C2OCCO2)C1. The molecule has 2 aliphatic rings. The van der Waals surface area contributed by atoms with Gasteiger partial charge in [0.05, 0.1) is 36.4 Å². The van der Waals surface area contributed by atoms with Gasteiger partial charge in [-0.15, -0.1) is 0 Å². The summed E-state index contributed by atoms with van der Waals surface area (Å²) >= 11 is 0. The van der Waals surface area contributed by atoms with E-state index in [1.807, 2.05) is 6.92 Å². The van der Waals surface area contributed by atoms with Crippen LogP contribution in [-0.2, 0) is 25.5 Å². The third kappa shape index (κ3) is 6.99. The molecule has 2 saturated heterocycles. The topological polar surface area (TPSA) is 106 Å². The number of anilines is 1. The predicted molar refractivity (Wildman–Crippen MR) is 138 cm³/mol. The van der Waals surface area contributed by atoms with E-state index in [2.05, 4.69) is 20.6 Å². The predicted octanol–water partition coefficient (Wildman–Crippen LogP) is 5.33. The Hall–Kier alpha value is -3.04. The summed E-state index contributed by atoms with van der Waals surface area (Å²) in [5.74, 6) is -0.0527. The first-order valence-corrected chi connectivity index (χ1v) is 14.6. The number of rotatable bonds is 8. The average molecular weight is 594 g/mol. The first-order valence-electron chi connectivity index (χ1n) is 12.6. The summed E-state index contributed by atoms with van der Waals surface area (Å²) in [6, 6.07) is 2.07. The van der Waals surface area contributed by atoms with E-state index in [1.54, 1.807) is 11.8 Å². The molecule has 222 valence electrons. The van der Waals surface area contributed by atoms with Crippen molar-refractivity contribution in [1.82, 2.24) is 20.2 Å². The Morgan fingerprint density at radius 1 is 1.18 bits per heavy atom. The van der Waals surface area contributed by atoms with Crippen molar-refractivity contribution < 1.29 is 38.5 Å². The van der Waals surface area contributed by atoms with Gasteiger partial charge in [0, 0.05) is 26.1 Å². The van der Waals surface area contributed by atoms with Gasteiger partial charge in [-0.2, -0.15) is 0 Å². The number of nitrogens with one attached hydrogen (secondary N) is 2. The number of carbonyl (C=O) groups is 2. The van der Waals surface area contributed by atoms with E-state index >= 15 is 0 Å². The molecule has 0 bridgehead atoms. The molecule has 2 aromatic rings. The highest BCUT2D eigenvalue weighted by molar-refractivity contribution is 8.45. The fourth-order valence-electron chi connectivity index (χ4n) is 4.83. The van der Waals surface area contributed by atoms with E-state index in [1.165, 1.54) is 19.9 Å². The van der Waals surface area contributed by atoms with Crippen molar-refractivity contribution in [2.75, 3.05) is 31.6 Å². The zero-order chi connectivity index (χ0) is 29.6. The second kappa shape index (κ2) is 9.80. The van der Waals surface area contributed by atoms with Gasteiger partial charge in [0.2, 0.25) is 11.8 Å². The highest BCUT2D eigenvalue weighted by Gasteiger charge is 2.65. The van der Waals surface area contributed by atoms with Crippen molar-refractivity contribution in [1.29, 1.82) is 0 Å². The minimum atomic E-state index is -9.88. The van der Waals surface area contributed by atoms with Gasteiger partial charge < -0.3 is 25.0 Å². The zero-order valence-electron chi connectivity index (χ0n) is 22.5. The number of aryl methyl sites for hydroxylation is 1. The van der Waals surface area contributed by atoms with Crippen LogP contribution >= 0.6 is 10.2 Å². The molecule has 0 aliphatic carbocycles. The molecule has 2 N–H and O–H groups in total. The first kappa shape index (κ1) is 29.9. The Morgan fingerprint density at radius 2 is 1.85 bits per heavy atom. The molecule has 1 aromatic heterocycles. The molecule has 0 radical (unpaired) electrons. The summed E-state index contributed by atoms with van der Waals surface area (Å²) in [5.41, 5.74) is -0.118. The van der Waals surface area contributed by atoms with Crippen LogP contribution in [0.3, 0.4) is 0 Å². The largest absolute Gasteiger partial charge is 0.363 e. The third-order valence-corrected chi connectivity index (χ3v) is 7.98. The fourth-order valence-corrected chi connectivity index (χ4v) is 5.53. The van der Waals surface area contributed by atoms with E-state index in [-0.39, 0.29) is 59.9 Å². The van der Waals surface area contributed by atoms with Crippen molar-refractivity contribution in [3.05, 3.63) is 46.9 Å². The van der Waals surface area contributed by atoms with Crippen LogP contribution < -0.4 is 10.6 Å². The van der Waals surface area contributed by atoms with E-state index in [0.29, 0.717) is 31.6 Å². The maximum Gasteiger partial charge on any atom is 0.310 e. The lowest BCUT2D eigenvalue weighted by Crippen LogP contribution is -2.49. The molecular formula is C25H32F5N5O4S. The average Bonchev–Trinajstić information content (AvgIpc) is 3.47. The third-order valence-electron chi connectivity index (χ3n) is 6.84. The highest BCUT2D eigenvalue weighted by Crippen LogP contribution is 3.02. The van der Waals surface area contributed by atoms with Crippen molar-refractivity contribution >= 4 is 27.9 Å². The monoisotopic (exact) mass is 593 g/mol. The lowest BCUT2D eigenvalue weighted by atomic mass is 10.0. The molecule has 1 aromatic carbocycles. The van der Waals surface area contributed by atoms with Gasteiger partial charge in [0.1, 0.15) is 16.5 Å². The Bertz CT molecular complexity index is 1320. The molecule has 4 rings (SSSR count). The maximum absolute atomic E-state index is 13.4. The summed E-state index contributed by atoms with van der Waals surface area (Å²) in [6.45, 7) is 7.77.